The van der Waals surface area contributed by atoms with E-state index in [9.17, 15) is 4.79 Å². The van der Waals surface area contributed by atoms with E-state index in [1.807, 2.05) is 0 Å². The molecule has 1 aromatic rings. The summed E-state index contributed by atoms with van der Waals surface area (Å²) in [5.74, 6) is -1.24. The fourth-order valence-corrected chi connectivity index (χ4v) is 2.45. The zero-order chi connectivity index (χ0) is 11.9. The highest BCUT2D eigenvalue weighted by Crippen LogP contribution is 2.36. The third kappa shape index (κ3) is 2.03. The summed E-state index contributed by atoms with van der Waals surface area (Å²) in [6, 6.07) is 3.18. The van der Waals surface area contributed by atoms with Gasteiger partial charge in [0.2, 0.25) is 0 Å². The lowest BCUT2D eigenvalue weighted by atomic mass is 9.81. The summed E-state index contributed by atoms with van der Waals surface area (Å²) in [5, 5.41) is 9.90. The second-order valence-corrected chi connectivity index (χ2v) is 4.86. The van der Waals surface area contributed by atoms with E-state index in [2.05, 4.69) is 0 Å². The van der Waals surface area contributed by atoms with Crippen molar-refractivity contribution in [2.75, 3.05) is 0 Å². The minimum Gasteiger partial charge on any atom is -0.481 e. The Labute approximate surface area is 103 Å². The maximum atomic E-state index is 10.9. The first kappa shape index (κ1) is 11.7. The second kappa shape index (κ2) is 4.24. The van der Waals surface area contributed by atoms with Crippen LogP contribution in [0.1, 0.15) is 23.6 Å². The number of benzene rings is 1. The van der Waals surface area contributed by atoms with E-state index >= 15 is 0 Å². The number of carboxylic acid groups (broad SMARTS) is 1. The maximum Gasteiger partial charge on any atom is 0.306 e. The van der Waals surface area contributed by atoms with Crippen molar-refractivity contribution in [2.45, 2.75) is 18.9 Å². The monoisotopic (exact) mass is 259 g/mol. The fourth-order valence-electron chi connectivity index (χ4n) is 2.10. The highest BCUT2D eigenvalue weighted by Gasteiger charge is 2.29. The molecule has 0 saturated heterocycles. The molecule has 16 heavy (non-hydrogen) atoms. The van der Waals surface area contributed by atoms with Gasteiger partial charge in [-0.25, -0.2) is 0 Å². The van der Waals surface area contributed by atoms with Crippen LogP contribution in [0.4, 0.5) is 0 Å². The van der Waals surface area contributed by atoms with Crippen LogP contribution >= 0.6 is 23.2 Å². The molecular formula is C11H11Cl2NO2. The normalized spacial score (nSPS) is 23.9. The quantitative estimate of drug-likeness (QED) is 0.815. The Bertz CT molecular complexity index is 448. The predicted molar refractivity (Wildman–Crippen MR) is 62.8 cm³/mol. The van der Waals surface area contributed by atoms with Gasteiger partial charge in [0.1, 0.15) is 0 Å². The molecule has 0 aliphatic heterocycles. The van der Waals surface area contributed by atoms with Gasteiger partial charge in [-0.2, -0.15) is 0 Å². The molecule has 2 rings (SSSR count). The molecule has 1 aromatic carbocycles. The van der Waals surface area contributed by atoms with Crippen LogP contribution in [0.5, 0.6) is 0 Å². The summed E-state index contributed by atoms with van der Waals surface area (Å²) in [6.07, 6.45) is 0.912. The van der Waals surface area contributed by atoms with Crippen molar-refractivity contribution in [1.82, 2.24) is 0 Å². The fraction of sp³-hybridized carbons (Fsp3) is 0.364. The molecule has 0 amide bonds. The molecule has 3 nitrogen and oxygen atoms in total. The van der Waals surface area contributed by atoms with Crippen molar-refractivity contribution in [2.24, 2.45) is 11.7 Å². The minimum absolute atomic E-state index is 0.278. The molecular weight excluding hydrogens is 249 g/mol. The average Bonchev–Trinajstić information content (AvgIpc) is 2.20. The topological polar surface area (TPSA) is 63.3 Å². The third-order valence-corrected chi connectivity index (χ3v) is 3.66. The van der Waals surface area contributed by atoms with Crippen LogP contribution in [0.15, 0.2) is 12.1 Å². The highest BCUT2D eigenvalue weighted by atomic mass is 35.5. The van der Waals surface area contributed by atoms with E-state index in [1.165, 1.54) is 0 Å². The molecule has 0 spiro atoms. The molecule has 2 atom stereocenters. The van der Waals surface area contributed by atoms with Crippen LogP contribution in [0.25, 0.3) is 0 Å². The first-order chi connectivity index (χ1) is 7.49. The number of carboxylic acids is 1. The van der Waals surface area contributed by atoms with E-state index in [0.29, 0.717) is 22.9 Å². The van der Waals surface area contributed by atoms with E-state index in [1.54, 1.807) is 12.1 Å². The van der Waals surface area contributed by atoms with Crippen molar-refractivity contribution in [3.05, 3.63) is 33.3 Å². The summed E-state index contributed by atoms with van der Waals surface area (Å²) in [4.78, 5) is 10.9. The Balaban J connectivity index is 2.42. The molecule has 0 radical (unpaired) electrons. The average molecular weight is 260 g/mol. The summed E-state index contributed by atoms with van der Waals surface area (Å²) in [7, 11) is 0. The Morgan fingerprint density at radius 2 is 2.00 bits per heavy atom. The maximum absolute atomic E-state index is 10.9. The zero-order valence-electron chi connectivity index (χ0n) is 8.41. The van der Waals surface area contributed by atoms with Gasteiger partial charge in [-0.1, -0.05) is 23.2 Å². The molecule has 0 saturated carbocycles. The van der Waals surface area contributed by atoms with Crippen LogP contribution in [-0.2, 0) is 11.2 Å². The molecule has 0 heterocycles. The summed E-state index contributed by atoms with van der Waals surface area (Å²) in [6.45, 7) is 0. The van der Waals surface area contributed by atoms with Gasteiger partial charge in [0, 0.05) is 6.04 Å². The lowest BCUT2D eigenvalue weighted by Gasteiger charge is -2.27. The van der Waals surface area contributed by atoms with Gasteiger partial charge >= 0.3 is 5.97 Å². The van der Waals surface area contributed by atoms with Crippen molar-refractivity contribution >= 4 is 29.2 Å². The smallest absolute Gasteiger partial charge is 0.306 e. The molecule has 0 bridgehead atoms. The molecule has 1 aliphatic rings. The molecule has 2 unspecified atom stereocenters. The molecule has 0 fully saturated rings. The minimum atomic E-state index is -0.813. The number of fused-ring (bicyclic) bond motifs is 1. The molecule has 3 N–H and O–H groups in total. The summed E-state index contributed by atoms with van der Waals surface area (Å²) < 4.78 is 0. The predicted octanol–water partition coefficient (Wildman–Crippen LogP) is 2.64. The van der Waals surface area contributed by atoms with E-state index in [4.69, 9.17) is 34.0 Å². The lowest BCUT2D eigenvalue weighted by molar-refractivity contribution is -0.142. The van der Waals surface area contributed by atoms with Gasteiger partial charge < -0.3 is 10.8 Å². The van der Waals surface area contributed by atoms with Crippen LogP contribution < -0.4 is 5.73 Å². The highest BCUT2D eigenvalue weighted by molar-refractivity contribution is 6.42. The van der Waals surface area contributed by atoms with Gasteiger partial charge in [0.15, 0.2) is 0 Å². The first-order valence-electron chi connectivity index (χ1n) is 4.95. The number of nitrogens with two attached hydrogens (primary N) is 1. The van der Waals surface area contributed by atoms with Gasteiger partial charge in [-0.05, 0) is 36.1 Å². The van der Waals surface area contributed by atoms with Gasteiger partial charge in [0.05, 0.1) is 16.0 Å². The largest absolute Gasteiger partial charge is 0.481 e. The number of rotatable bonds is 1. The SMILES string of the molecule is NC1CC(C(=O)O)Cc2cc(Cl)c(Cl)cc21. The number of aliphatic carboxylic acids is 1. The van der Waals surface area contributed by atoms with Gasteiger partial charge in [-0.15, -0.1) is 0 Å². The van der Waals surface area contributed by atoms with E-state index < -0.39 is 11.9 Å². The number of halogens is 2. The Hall–Kier alpha value is -0.770. The Morgan fingerprint density at radius 1 is 1.38 bits per heavy atom. The Kier molecular flexibility index (Phi) is 3.10. The summed E-state index contributed by atoms with van der Waals surface area (Å²) in [5.41, 5.74) is 7.73. The van der Waals surface area contributed by atoms with Crippen LogP contribution in [0.2, 0.25) is 10.0 Å². The molecule has 1 aliphatic carbocycles. The summed E-state index contributed by atoms with van der Waals surface area (Å²) >= 11 is 11.8. The van der Waals surface area contributed by atoms with E-state index in [-0.39, 0.29) is 6.04 Å². The molecule has 5 heteroatoms. The van der Waals surface area contributed by atoms with Gasteiger partial charge in [0.25, 0.3) is 0 Å². The lowest BCUT2D eigenvalue weighted by Crippen LogP contribution is -2.28. The van der Waals surface area contributed by atoms with Gasteiger partial charge in [-0.3, -0.25) is 4.79 Å². The third-order valence-electron chi connectivity index (χ3n) is 2.94. The van der Waals surface area contributed by atoms with E-state index in [0.717, 1.165) is 11.1 Å². The van der Waals surface area contributed by atoms with Crippen LogP contribution in [0, 0.1) is 5.92 Å². The number of hydrogen-bond donors (Lipinski definition) is 2. The molecule has 0 aromatic heterocycles. The first-order valence-corrected chi connectivity index (χ1v) is 5.71. The van der Waals surface area contributed by atoms with Crippen molar-refractivity contribution in [3.63, 3.8) is 0 Å². The molecule has 86 valence electrons. The van der Waals surface area contributed by atoms with Crippen molar-refractivity contribution < 1.29 is 9.90 Å². The Morgan fingerprint density at radius 3 is 2.62 bits per heavy atom. The van der Waals surface area contributed by atoms with Crippen molar-refractivity contribution in [1.29, 1.82) is 0 Å². The second-order valence-electron chi connectivity index (χ2n) is 4.05. The van der Waals surface area contributed by atoms with Crippen LogP contribution in [-0.4, -0.2) is 11.1 Å². The number of carbonyl (C=O) groups is 1. The standard InChI is InChI=1S/C11H11Cl2NO2/c12-8-2-5-1-6(11(15)16)3-10(14)7(5)4-9(8)13/h2,4,6,10H,1,3,14H2,(H,15,16). The number of hydrogen-bond acceptors (Lipinski definition) is 2. The zero-order valence-corrected chi connectivity index (χ0v) is 9.92. The van der Waals surface area contributed by atoms with Crippen molar-refractivity contribution in [3.8, 4) is 0 Å². The van der Waals surface area contributed by atoms with Crippen LogP contribution in [0.3, 0.4) is 0 Å².